The summed E-state index contributed by atoms with van der Waals surface area (Å²) in [5.74, 6) is 0.910. The molecule has 1 rings (SSSR count). The molecule has 0 heterocycles. The Hall–Kier alpha value is -0.370. The average Bonchev–Trinajstić information content (AvgIpc) is 2.49. The third kappa shape index (κ3) is 2.81. The number of hydrogen-bond donors (Lipinski definition) is 1. The molecule has 0 aromatic carbocycles. The number of rotatable bonds is 4. The van der Waals surface area contributed by atoms with Gasteiger partial charge in [0.1, 0.15) is 5.78 Å². The zero-order valence-corrected chi connectivity index (χ0v) is 9.84. The van der Waals surface area contributed by atoms with E-state index in [9.17, 15) is 4.79 Å². The molecule has 1 fully saturated rings. The second-order valence-electron chi connectivity index (χ2n) is 5.02. The SMILES string of the molecule is CC(C)NC1CCCC1C(=O)C(C)C. The topological polar surface area (TPSA) is 29.1 Å². The van der Waals surface area contributed by atoms with Gasteiger partial charge in [-0.25, -0.2) is 0 Å². The minimum Gasteiger partial charge on any atom is -0.311 e. The Morgan fingerprint density at radius 3 is 2.36 bits per heavy atom. The standard InChI is InChI=1S/C12H23NO/c1-8(2)12(14)10-6-5-7-11(10)13-9(3)4/h8-11,13H,5-7H2,1-4H3. The second-order valence-corrected chi connectivity index (χ2v) is 5.02. The predicted molar refractivity (Wildman–Crippen MR) is 59.2 cm³/mol. The molecule has 0 spiro atoms. The van der Waals surface area contributed by atoms with Crippen molar-refractivity contribution in [1.29, 1.82) is 0 Å². The molecular formula is C12H23NO. The molecule has 0 radical (unpaired) electrons. The van der Waals surface area contributed by atoms with Crippen molar-refractivity contribution in [2.24, 2.45) is 11.8 Å². The summed E-state index contributed by atoms with van der Waals surface area (Å²) in [5, 5.41) is 3.51. The first-order valence-electron chi connectivity index (χ1n) is 5.82. The average molecular weight is 197 g/mol. The summed E-state index contributed by atoms with van der Waals surface area (Å²) in [6.07, 6.45) is 3.45. The Kier molecular flexibility index (Phi) is 4.11. The van der Waals surface area contributed by atoms with Crippen LogP contribution in [0.3, 0.4) is 0 Å². The van der Waals surface area contributed by atoms with Crippen molar-refractivity contribution < 1.29 is 4.79 Å². The molecule has 0 aromatic rings. The fraction of sp³-hybridized carbons (Fsp3) is 0.917. The smallest absolute Gasteiger partial charge is 0.140 e. The Labute approximate surface area is 87.5 Å². The van der Waals surface area contributed by atoms with Gasteiger partial charge in [0.05, 0.1) is 0 Å². The van der Waals surface area contributed by atoms with Crippen LogP contribution in [-0.4, -0.2) is 17.9 Å². The van der Waals surface area contributed by atoms with Gasteiger partial charge in [0.2, 0.25) is 0 Å². The van der Waals surface area contributed by atoms with E-state index < -0.39 is 0 Å². The maximum atomic E-state index is 11.9. The lowest BCUT2D eigenvalue weighted by Gasteiger charge is -2.23. The molecule has 1 saturated carbocycles. The monoisotopic (exact) mass is 197 g/mol. The van der Waals surface area contributed by atoms with Crippen molar-refractivity contribution in [3.05, 3.63) is 0 Å². The van der Waals surface area contributed by atoms with Crippen molar-refractivity contribution in [3.8, 4) is 0 Å². The molecule has 14 heavy (non-hydrogen) atoms. The van der Waals surface area contributed by atoms with Crippen LogP contribution < -0.4 is 5.32 Å². The third-order valence-electron chi connectivity index (χ3n) is 3.00. The summed E-state index contributed by atoms with van der Waals surface area (Å²) in [6, 6.07) is 0.922. The third-order valence-corrected chi connectivity index (χ3v) is 3.00. The van der Waals surface area contributed by atoms with Crippen LogP contribution in [-0.2, 0) is 4.79 Å². The van der Waals surface area contributed by atoms with E-state index in [1.807, 2.05) is 13.8 Å². The molecule has 0 bridgehead atoms. The lowest BCUT2D eigenvalue weighted by molar-refractivity contribution is -0.126. The first-order chi connectivity index (χ1) is 6.52. The van der Waals surface area contributed by atoms with Gasteiger partial charge in [-0.05, 0) is 12.8 Å². The van der Waals surface area contributed by atoms with Crippen LogP contribution in [0, 0.1) is 11.8 Å². The fourth-order valence-electron chi connectivity index (χ4n) is 2.36. The van der Waals surface area contributed by atoms with E-state index in [1.54, 1.807) is 0 Å². The number of carbonyl (C=O) groups is 1. The predicted octanol–water partition coefficient (Wildman–Crippen LogP) is 2.38. The van der Waals surface area contributed by atoms with E-state index in [0.29, 0.717) is 17.9 Å². The van der Waals surface area contributed by atoms with Gasteiger partial charge < -0.3 is 5.32 Å². The van der Waals surface area contributed by atoms with Gasteiger partial charge in [0, 0.05) is 23.9 Å². The number of nitrogens with one attached hydrogen (secondary N) is 1. The Balaban J connectivity index is 2.55. The summed E-state index contributed by atoms with van der Waals surface area (Å²) in [6.45, 7) is 8.31. The van der Waals surface area contributed by atoms with Gasteiger partial charge in [-0.3, -0.25) is 4.79 Å². The highest BCUT2D eigenvalue weighted by Gasteiger charge is 2.33. The van der Waals surface area contributed by atoms with Crippen LogP contribution in [0.5, 0.6) is 0 Å². The maximum absolute atomic E-state index is 11.9. The summed E-state index contributed by atoms with van der Waals surface area (Å²) in [5.41, 5.74) is 0. The summed E-state index contributed by atoms with van der Waals surface area (Å²) in [4.78, 5) is 11.9. The maximum Gasteiger partial charge on any atom is 0.140 e. The van der Waals surface area contributed by atoms with Crippen LogP contribution in [0.4, 0.5) is 0 Å². The van der Waals surface area contributed by atoms with E-state index in [1.165, 1.54) is 12.8 Å². The zero-order chi connectivity index (χ0) is 10.7. The summed E-state index contributed by atoms with van der Waals surface area (Å²) < 4.78 is 0. The minimum absolute atomic E-state index is 0.189. The Morgan fingerprint density at radius 1 is 1.21 bits per heavy atom. The highest BCUT2D eigenvalue weighted by atomic mass is 16.1. The number of hydrogen-bond acceptors (Lipinski definition) is 2. The zero-order valence-electron chi connectivity index (χ0n) is 9.84. The molecule has 0 saturated heterocycles. The highest BCUT2D eigenvalue weighted by Crippen LogP contribution is 2.28. The van der Waals surface area contributed by atoms with Gasteiger partial charge in [-0.15, -0.1) is 0 Å². The van der Waals surface area contributed by atoms with Crippen molar-refractivity contribution in [3.63, 3.8) is 0 Å². The van der Waals surface area contributed by atoms with E-state index in [0.717, 1.165) is 6.42 Å². The molecule has 2 unspecified atom stereocenters. The van der Waals surface area contributed by atoms with E-state index in [2.05, 4.69) is 19.2 Å². The first kappa shape index (κ1) is 11.7. The normalized spacial score (nSPS) is 27.6. The van der Waals surface area contributed by atoms with Gasteiger partial charge in [0.15, 0.2) is 0 Å². The van der Waals surface area contributed by atoms with Gasteiger partial charge in [-0.2, -0.15) is 0 Å². The molecular weight excluding hydrogens is 174 g/mol. The van der Waals surface area contributed by atoms with Gasteiger partial charge in [-0.1, -0.05) is 34.1 Å². The second kappa shape index (κ2) is 4.92. The van der Waals surface area contributed by atoms with Gasteiger partial charge in [0.25, 0.3) is 0 Å². The molecule has 82 valence electrons. The van der Waals surface area contributed by atoms with Crippen molar-refractivity contribution >= 4 is 5.78 Å². The molecule has 0 amide bonds. The van der Waals surface area contributed by atoms with Crippen molar-refractivity contribution in [1.82, 2.24) is 5.32 Å². The van der Waals surface area contributed by atoms with Gasteiger partial charge >= 0.3 is 0 Å². The largest absolute Gasteiger partial charge is 0.311 e. The molecule has 2 nitrogen and oxygen atoms in total. The van der Waals surface area contributed by atoms with Crippen LogP contribution >= 0.6 is 0 Å². The molecule has 1 N–H and O–H groups in total. The number of Topliss-reactive ketones (excluding diaryl/α,β-unsaturated/α-hetero) is 1. The van der Waals surface area contributed by atoms with E-state index >= 15 is 0 Å². The van der Waals surface area contributed by atoms with E-state index in [-0.39, 0.29) is 11.8 Å². The molecule has 2 heteroatoms. The van der Waals surface area contributed by atoms with Crippen LogP contribution in [0.1, 0.15) is 47.0 Å². The first-order valence-corrected chi connectivity index (χ1v) is 5.82. The van der Waals surface area contributed by atoms with Crippen LogP contribution in [0.15, 0.2) is 0 Å². The molecule has 1 aliphatic carbocycles. The quantitative estimate of drug-likeness (QED) is 0.749. The molecule has 2 atom stereocenters. The van der Waals surface area contributed by atoms with Crippen LogP contribution in [0.2, 0.25) is 0 Å². The fourth-order valence-corrected chi connectivity index (χ4v) is 2.36. The summed E-state index contributed by atoms with van der Waals surface area (Å²) >= 11 is 0. The Morgan fingerprint density at radius 2 is 1.86 bits per heavy atom. The van der Waals surface area contributed by atoms with Crippen molar-refractivity contribution in [2.75, 3.05) is 0 Å². The molecule has 1 aliphatic rings. The van der Waals surface area contributed by atoms with Crippen LogP contribution in [0.25, 0.3) is 0 Å². The Bertz CT molecular complexity index is 198. The number of carbonyl (C=O) groups excluding carboxylic acids is 1. The lowest BCUT2D eigenvalue weighted by atomic mass is 9.91. The number of ketones is 1. The highest BCUT2D eigenvalue weighted by molar-refractivity contribution is 5.83. The summed E-state index contributed by atoms with van der Waals surface area (Å²) in [7, 11) is 0. The van der Waals surface area contributed by atoms with Crippen molar-refractivity contribution in [2.45, 2.75) is 59.0 Å². The molecule has 0 aromatic heterocycles. The lowest BCUT2D eigenvalue weighted by Crippen LogP contribution is -2.41. The van der Waals surface area contributed by atoms with E-state index in [4.69, 9.17) is 0 Å². The minimum atomic E-state index is 0.189. The molecule has 0 aliphatic heterocycles.